The van der Waals surface area contributed by atoms with Crippen molar-refractivity contribution in [3.63, 3.8) is 0 Å². The number of hydrogen-bond donors (Lipinski definition) is 0. The van der Waals surface area contributed by atoms with Gasteiger partial charge in [-0.05, 0) is 67.0 Å². The fraction of sp³-hybridized carbons (Fsp3) is 0.333. The van der Waals surface area contributed by atoms with Gasteiger partial charge >= 0.3 is 0 Å². The van der Waals surface area contributed by atoms with Gasteiger partial charge in [0.05, 0.1) is 10.2 Å². The summed E-state index contributed by atoms with van der Waals surface area (Å²) in [6, 6.07) is 18.3. The molecule has 6 heteroatoms. The van der Waals surface area contributed by atoms with E-state index in [0.717, 1.165) is 45.8 Å². The maximum atomic E-state index is 13.3. The Bertz CT molecular complexity index is 1260. The molecule has 1 heterocycles. The summed E-state index contributed by atoms with van der Waals surface area (Å²) >= 11 is 1.57. The molecule has 1 amide bonds. The van der Waals surface area contributed by atoms with Gasteiger partial charge in [0, 0.05) is 13.1 Å². The molecule has 0 unspecified atom stereocenters. The van der Waals surface area contributed by atoms with E-state index in [2.05, 4.69) is 50.8 Å². The number of likely N-dealkylation sites (N-methyl/N-ethyl adjacent to an activating group) is 1. The summed E-state index contributed by atoms with van der Waals surface area (Å²) < 4.78 is 7.03. The van der Waals surface area contributed by atoms with Crippen molar-refractivity contribution in [2.45, 2.75) is 27.7 Å². The Morgan fingerprint density at radius 3 is 2.48 bits per heavy atom. The zero-order valence-electron chi connectivity index (χ0n) is 19.8. The first-order chi connectivity index (χ1) is 16.0. The van der Waals surface area contributed by atoms with Crippen LogP contribution in [0.4, 0.5) is 5.13 Å². The molecule has 0 fully saturated rings. The summed E-state index contributed by atoms with van der Waals surface area (Å²) in [7, 11) is 0. The van der Waals surface area contributed by atoms with Gasteiger partial charge in [-0.25, -0.2) is 4.98 Å². The third-order valence-corrected chi connectivity index (χ3v) is 7.27. The lowest BCUT2D eigenvalue weighted by molar-refractivity contribution is -0.120. The van der Waals surface area contributed by atoms with E-state index in [9.17, 15) is 4.79 Å². The van der Waals surface area contributed by atoms with E-state index >= 15 is 0 Å². The minimum absolute atomic E-state index is 0.0233. The summed E-state index contributed by atoms with van der Waals surface area (Å²) in [5, 5.41) is 2.98. The second-order valence-corrected chi connectivity index (χ2v) is 9.23. The molecule has 4 aromatic rings. The number of carbonyl (C=O) groups is 1. The molecule has 0 aliphatic heterocycles. The molecule has 1 aromatic heterocycles. The smallest absolute Gasteiger partial charge is 0.266 e. The summed E-state index contributed by atoms with van der Waals surface area (Å²) in [5.74, 6) is 0.616. The van der Waals surface area contributed by atoms with Crippen molar-refractivity contribution in [3.8, 4) is 5.75 Å². The molecule has 33 heavy (non-hydrogen) atoms. The Labute approximate surface area is 199 Å². The zero-order valence-corrected chi connectivity index (χ0v) is 20.6. The molecular weight excluding hydrogens is 430 g/mol. The normalized spacial score (nSPS) is 11.4. The van der Waals surface area contributed by atoms with Crippen LogP contribution >= 0.6 is 11.3 Å². The number of hydrogen-bond acceptors (Lipinski definition) is 5. The van der Waals surface area contributed by atoms with Crippen molar-refractivity contribution < 1.29 is 9.53 Å². The lowest BCUT2D eigenvalue weighted by atomic mass is 10.1. The van der Waals surface area contributed by atoms with Gasteiger partial charge in [-0.15, -0.1) is 0 Å². The third kappa shape index (κ3) is 5.18. The Morgan fingerprint density at radius 2 is 1.73 bits per heavy atom. The lowest BCUT2D eigenvalue weighted by Crippen LogP contribution is -2.41. The van der Waals surface area contributed by atoms with E-state index in [1.54, 1.807) is 16.2 Å². The van der Waals surface area contributed by atoms with Crippen LogP contribution in [0.25, 0.3) is 21.0 Å². The van der Waals surface area contributed by atoms with Crippen LogP contribution in [0.1, 0.15) is 25.0 Å². The average molecular weight is 462 g/mol. The molecule has 0 saturated carbocycles. The average Bonchev–Trinajstić information content (AvgIpc) is 3.27. The van der Waals surface area contributed by atoms with Crippen molar-refractivity contribution in [2.24, 2.45) is 0 Å². The van der Waals surface area contributed by atoms with Gasteiger partial charge in [-0.3, -0.25) is 9.69 Å². The van der Waals surface area contributed by atoms with E-state index in [1.807, 2.05) is 36.4 Å². The second-order valence-electron chi connectivity index (χ2n) is 8.22. The SMILES string of the molecule is CCN(CC)CCN(C(=O)COc1ccc2ccccc2c1)c1nc2c(C)c(C)ccc2s1. The number of amides is 1. The Balaban J connectivity index is 1.56. The first kappa shape index (κ1) is 23.2. The van der Waals surface area contributed by atoms with E-state index in [1.165, 1.54) is 11.1 Å². The monoisotopic (exact) mass is 461 g/mol. The predicted octanol–water partition coefficient (Wildman–Crippen LogP) is 5.82. The summed E-state index contributed by atoms with van der Waals surface area (Å²) in [5.41, 5.74) is 3.35. The van der Waals surface area contributed by atoms with E-state index in [0.29, 0.717) is 12.3 Å². The van der Waals surface area contributed by atoms with Gasteiger partial charge in [0.15, 0.2) is 11.7 Å². The van der Waals surface area contributed by atoms with E-state index in [-0.39, 0.29) is 12.5 Å². The van der Waals surface area contributed by atoms with Crippen LogP contribution in [-0.4, -0.2) is 48.6 Å². The standard InChI is InChI=1S/C27H31N3O2S/c1-5-29(6-2)15-16-30(27-28-26-20(4)19(3)11-14-24(26)33-27)25(31)18-32-23-13-12-21-9-7-8-10-22(21)17-23/h7-14,17H,5-6,15-16,18H2,1-4H3. The maximum absolute atomic E-state index is 13.3. The third-order valence-electron chi connectivity index (χ3n) is 6.22. The molecule has 0 aliphatic carbocycles. The molecule has 0 atom stereocenters. The highest BCUT2D eigenvalue weighted by Crippen LogP contribution is 2.32. The van der Waals surface area contributed by atoms with Crippen LogP contribution in [0.3, 0.4) is 0 Å². The zero-order chi connectivity index (χ0) is 23.4. The van der Waals surface area contributed by atoms with Crippen LogP contribution in [0.5, 0.6) is 5.75 Å². The van der Waals surface area contributed by atoms with E-state index < -0.39 is 0 Å². The topological polar surface area (TPSA) is 45.7 Å². The van der Waals surface area contributed by atoms with Crippen LogP contribution in [0, 0.1) is 13.8 Å². The summed E-state index contributed by atoms with van der Waals surface area (Å²) in [6.45, 7) is 11.7. The maximum Gasteiger partial charge on any atom is 0.266 e. The molecule has 0 spiro atoms. The van der Waals surface area contributed by atoms with Gasteiger partial charge in [0.1, 0.15) is 5.75 Å². The molecule has 172 valence electrons. The van der Waals surface area contributed by atoms with Crippen molar-refractivity contribution in [2.75, 3.05) is 37.7 Å². The Kier molecular flexibility index (Phi) is 7.26. The minimum atomic E-state index is -0.0799. The summed E-state index contributed by atoms with van der Waals surface area (Å²) in [6.07, 6.45) is 0. The quantitative estimate of drug-likeness (QED) is 0.315. The fourth-order valence-electron chi connectivity index (χ4n) is 3.92. The fourth-order valence-corrected chi connectivity index (χ4v) is 4.99. The number of anilines is 1. The van der Waals surface area contributed by atoms with Crippen LogP contribution in [0.15, 0.2) is 54.6 Å². The predicted molar refractivity (Wildman–Crippen MR) is 139 cm³/mol. The van der Waals surface area contributed by atoms with Crippen molar-refractivity contribution >= 4 is 43.4 Å². The van der Waals surface area contributed by atoms with Crippen LogP contribution in [0.2, 0.25) is 0 Å². The van der Waals surface area contributed by atoms with Gasteiger partial charge in [-0.2, -0.15) is 0 Å². The van der Waals surface area contributed by atoms with Gasteiger partial charge in [-0.1, -0.05) is 61.6 Å². The number of nitrogens with zero attached hydrogens (tertiary/aromatic N) is 3. The molecule has 4 rings (SSSR count). The lowest BCUT2D eigenvalue weighted by Gasteiger charge is -2.24. The van der Waals surface area contributed by atoms with Crippen molar-refractivity contribution in [1.29, 1.82) is 0 Å². The molecule has 0 radical (unpaired) electrons. The number of aromatic nitrogens is 1. The van der Waals surface area contributed by atoms with Gasteiger partial charge < -0.3 is 9.64 Å². The largest absolute Gasteiger partial charge is 0.484 e. The molecule has 0 N–H and O–H groups in total. The number of thiazole rings is 1. The van der Waals surface area contributed by atoms with E-state index in [4.69, 9.17) is 9.72 Å². The first-order valence-corrected chi connectivity index (χ1v) is 12.3. The molecular formula is C27H31N3O2S. The minimum Gasteiger partial charge on any atom is -0.484 e. The van der Waals surface area contributed by atoms with Crippen molar-refractivity contribution in [3.05, 3.63) is 65.7 Å². The molecule has 0 bridgehead atoms. The number of ether oxygens (including phenoxy) is 1. The Hall–Kier alpha value is -2.96. The van der Waals surface area contributed by atoms with Gasteiger partial charge in [0.2, 0.25) is 0 Å². The number of aryl methyl sites for hydroxylation is 2. The first-order valence-electron chi connectivity index (χ1n) is 11.5. The van der Waals surface area contributed by atoms with Crippen molar-refractivity contribution in [1.82, 2.24) is 9.88 Å². The number of carbonyl (C=O) groups excluding carboxylic acids is 1. The number of fused-ring (bicyclic) bond motifs is 2. The molecule has 5 nitrogen and oxygen atoms in total. The highest BCUT2D eigenvalue weighted by molar-refractivity contribution is 7.22. The highest BCUT2D eigenvalue weighted by Gasteiger charge is 2.22. The molecule has 3 aromatic carbocycles. The van der Waals surface area contributed by atoms with Gasteiger partial charge in [0.25, 0.3) is 5.91 Å². The number of benzene rings is 3. The van der Waals surface area contributed by atoms with Crippen LogP contribution in [-0.2, 0) is 4.79 Å². The Morgan fingerprint density at radius 1 is 0.970 bits per heavy atom. The molecule has 0 aliphatic rings. The van der Waals surface area contributed by atoms with Crippen LogP contribution < -0.4 is 9.64 Å². The second kappa shape index (κ2) is 10.3. The number of rotatable bonds is 9. The molecule has 0 saturated heterocycles. The summed E-state index contributed by atoms with van der Waals surface area (Å²) in [4.78, 5) is 22.3. The highest BCUT2D eigenvalue weighted by atomic mass is 32.1.